The quantitative estimate of drug-likeness (QED) is 0.781. The van der Waals surface area contributed by atoms with Crippen LogP contribution in [0.1, 0.15) is 33.3 Å². The molecule has 0 spiro atoms. The predicted molar refractivity (Wildman–Crippen MR) is 92.2 cm³/mol. The van der Waals surface area contributed by atoms with Crippen molar-refractivity contribution in [1.82, 2.24) is 0 Å². The van der Waals surface area contributed by atoms with Gasteiger partial charge in [-0.2, -0.15) is 5.26 Å². The van der Waals surface area contributed by atoms with E-state index in [9.17, 15) is 8.78 Å². The Kier molecular flexibility index (Phi) is 4.18. The van der Waals surface area contributed by atoms with E-state index < -0.39 is 30.0 Å². The summed E-state index contributed by atoms with van der Waals surface area (Å²) in [5.74, 6) is -1.27. The van der Waals surface area contributed by atoms with Crippen LogP contribution in [0.3, 0.4) is 0 Å². The Morgan fingerprint density at radius 3 is 2.16 bits per heavy atom. The first-order chi connectivity index (χ1) is 11.7. The first kappa shape index (κ1) is 17.6. The molecule has 0 bridgehead atoms. The van der Waals surface area contributed by atoms with Gasteiger partial charge in [-0.15, -0.1) is 0 Å². The molecule has 0 amide bonds. The van der Waals surface area contributed by atoms with E-state index in [0.29, 0.717) is 5.46 Å². The number of nitrogens with zero attached hydrogens (tertiary/aromatic N) is 1. The number of rotatable bonds is 2. The Hall–Kier alpha value is -2.23. The summed E-state index contributed by atoms with van der Waals surface area (Å²) in [7, 11) is -0.704. The molecular weight excluding hydrogens is 323 g/mol. The van der Waals surface area contributed by atoms with Crippen molar-refractivity contribution in [3.05, 3.63) is 53.6 Å². The van der Waals surface area contributed by atoms with E-state index >= 15 is 0 Å². The molecule has 0 unspecified atom stereocenters. The van der Waals surface area contributed by atoms with Gasteiger partial charge in [0.2, 0.25) is 0 Å². The molecule has 6 heteroatoms. The van der Waals surface area contributed by atoms with E-state index in [1.54, 1.807) is 6.07 Å². The Morgan fingerprint density at radius 2 is 1.60 bits per heavy atom. The molecule has 128 valence electrons. The van der Waals surface area contributed by atoms with Gasteiger partial charge in [0.15, 0.2) is 0 Å². The summed E-state index contributed by atoms with van der Waals surface area (Å²) in [6.45, 7) is 7.65. The van der Waals surface area contributed by atoms with Crippen molar-refractivity contribution >= 4 is 12.6 Å². The minimum Gasteiger partial charge on any atom is -0.399 e. The minimum atomic E-state index is -0.704. The van der Waals surface area contributed by atoms with Crippen LogP contribution < -0.4 is 5.46 Å². The monoisotopic (exact) mass is 341 g/mol. The van der Waals surface area contributed by atoms with Crippen LogP contribution >= 0.6 is 0 Å². The number of hydrogen-bond donors (Lipinski definition) is 0. The standard InChI is InChI=1S/C19H18BF2NO2/c1-18(2)19(3,4)25-20(24-18)13-8-9-14(16(22)10-13)17-12(11-23)6-5-7-15(17)21/h5-10H,1-4H3. The Balaban J connectivity index is 2.01. The lowest BCUT2D eigenvalue weighted by molar-refractivity contribution is 0.00578. The topological polar surface area (TPSA) is 42.2 Å². The SMILES string of the molecule is CC1(C)OB(c2ccc(-c3c(F)cccc3C#N)c(F)c2)OC1(C)C. The third kappa shape index (κ3) is 2.94. The van der Waals surface area contributed by atoms with Crippen LogP contribution in [0.2, 0.25) is 0 Å². The van der Waals surface area contributed by atoms with Gasteiger partial charge in [0.05, 0.1) is 22.8 Å². The van der Waals surface area contributed by atoms with Crippen LogP contribution in [-0.4, -0.2) is 18.3 Å². The fourth-order valence-corrected chi connectivity index (χ4v) is 2.75. The zero-order valence-corrected chi connectivity index (χ0v) is 14.6. The molecule has 3 rings (SSSR count). The normalized spacial score (nSPS) is 18.2. The molecule has 0 aliphatic carbocycles. The molecule has 0 saturated carbocycles. The summed E-state index contributed by atoms with van der Waals surface area (Å²) in [5, 5.41) is 9.16. The van der Waals surface area contributed by atoms with Gasteiger partial charge < -0.3 is 9.31 Å². The highest BCUT2D eigenvalue weighted by atomic mass is 19.1. The summed E-state index contributed by atoms with van der Waals surface area (Å²) < 4.78 is 40.6. The zero-order chi connectivity index (χ0) is 18.4. The molecule has 2 aromatic rings. The number of nitriles is 1. The summed E-state index contributed by atoms with van der Waals surface area (Å²) in [6, 6.07) is 10.3. The zero-order valence-electron chi connectivity index (χ0n) is 14.6. The fraction of sp³-hybridized carbons (Fsp3) is 0.316. The van der Waals surface area contributed by atoms with Crippen molar-refractivity contribution in [3.8, 4) is 17.2 Å². The molecule has 1 fully saturated rings. The van der Waals surface area contributed by atoms with Gasteiger partial charge >= 0.3 is 7.12 Å². The maximum atomic E-state index is 14.7. The van der Waals surface area contributed by atoms with E-state index in [1.165, 1.54) is 30.3 Å². The maximum Gasteiger partial charge on any atom is 0.494 e. The second kappa shape index (κ2) is 5.94. The van der Waals surface area contributed by atoms with Gasteiger partial charge in [-0.3, -0.25) is 0 Å². The van der Waals surface area contributed by atoms with Gasteiger partial charge in [0.25, 0.3) is 0 Å². The number of hydrogen-bond acceptors (Lipinski definition) is 3. The molecule has 0 atom stereocenters. The highest BCUT2D eigenvalue weighted by Gasteiger charge is 2.51. The molecule has 25 heavy (non-hydrogen) atoms. The van der Waals surface area contributed by atoms with Gasteiger partial charge in [-0.1, -0.05) is 18.2 Å². The lowest BCUT2D eigenvalue weighted by atomic mass is 9.78. The van der Waals surface area contributed by atoms with Crippen LogP contribution in [0.4, 0.5) is 8.78 Å². The highest BCUT2D eigenvalue weighted by molar-refractivity contribution is 6.62. The third-order valence-electron chi connectivity index (χ3n) is 4.92. The van der Waals surface area contributed by atoms with E-state index in [-0.39, 0.29) is 16.7 Å². The van der Waals surface area contributed by atoms with E-state index in [0.717, 1.165) is 0 Å². The molecule has 0 N–H and O–H groups in total. The highest BCUT2D eigenvalue weighted by Crippen LogP contribution is 2.37. The molecule has 1 aliphatic rings. The lowest BCUT2D eigenvalue weighted by Gasteiger charge is -2.32. The van der Waals surface area contributed by atoms with Gasteiger partial charge in [-0.05, 0) is 51.4 Å². The summed E-state index contributed by atoms with van der Waals surface area (Å²) >= 11 is 0. The summed E-state index contributed by atoms with van der Waals surface area (Å²) in [4.78, 5) is 0. The van der Waals surface area contributed by atoms with Crippen molar-refractivity contribution in [3.63, 3.8) is 0 Å². The summed E-state index contributed by atoms with van der Waals surface area (Å²) in [5.41, 5.74) is -0.478. The van der Waals surface area contributed by atoms with Crippen LogP contribution in [0.5, 0.6) is 0 Å². The second-order valence-electron chi connectivity index (χ2n) is 7.10. The van der Waals surface area contributed by atoms with E-state index in [2.05, 4.69) is 0 Å². The fourth-order valence-electron chi connectivity index (χ4n) is 2.75. The van der Waals surface area contributed by atoms with Gasteiger partial charge in [-0.25, -0.2) is 8.78 Å². The third-order valence-corrected chi connectivity index (χ3v) is 4.92. The molecule has 1 aliphatic heterocycles. The van der Waals surface area contributed by atoms with Crippen LogP contribution in [-0.2, 0) is 9.31 Å². The lowest BCUT2D eigenvalue weighted by Crippen LogP contribution is -2.41. The Labute approximate surface area is 146 Å². The van der Waals surface area contributed by atoms with Crippen molar-refractivity contribution < 1.29 is 18.1 Å². The van der Waals surface area contributed by atoms with Gasteiger partial charge in [0, 0.05) is 11.1 Å². The first-order valence-electron chi connectivity index (χ1n) is 8.00. The van der Waals surface area contributed by atoms with Crippen molar-refractivity contribution in [2.75, 3.05) is 0 Å². The average Bonchev–Trinajstić information content (AvgIpc) is 2.75. The predicted octanol–water partition coefficient (Wildman–Crippen LogP) is 3.80. The van der Waals surface area contributed by atoms with E-state index in [4.69, 9.17) is 14.6 Å². The largest absolute Gasteiger partial charge is 0.494 e. The first-order valence-corrected chi connectivity index (χ1v) is 8.00. The van der Waals surface area contributed by atoms with Crippen molar-refractivity contribution in [2.24, 2.45) is 0 Å². The summed E-state index contributed by atoms with van der Waals surface area (Å²) in [6.07, 6.45) is 0. The number of halogens is 2. The Morgan fingerprint density at radius 1 is 0.960 bits per heavy atom. The molecule has 3 nitrogen and oxygen atoms in total. The molecule has 0 aromatic heterocycles. The van der Waals surface area contributed by atoms with Crippen LogP contribution in [0, 0.1) is 23.0 Å². The molecule has 1 heterocycles. The van der Waals surface area contributed by atoms with Gasteiger partial charge in [0.1, 0.15) is 11.6 Å². The van der Waals surface area contributed by atoms with Crippen molar-refractivity contribution in [2.45, 2.75) is 38.9 Å². The molecular formula is C19H18BF2NO2. The molecule has 2 aromatic carbocycles. The van der Waals surface area contributed by atoms with Crippen molar-refractivity contribution in [1.29, 1.82) is 5.26 Å². The van der Waals surface area contributed by atoms with Crippen LogP contribution in [0.25, 0.3) is 11.1 Å². The smallest absolute Gasteiger partial charge is 0.399 e. The maximum absolute atomic E-state index is 14.7. The molecule has 1 saturated heterocycles. The van der Waals surface area contributed by atoms with Crippen LogP contribution in [0.15, 0.2) is 36.4 Å². The second-order valence-corrected chi connectivity index (χ2v) is 7.10. The van der Waals surface area contributed by atoms with E-state index in [1.807, 2.05) is 33.8 Å². The average molecular weight is 341 g/mol. The number of benzene rings is 2. The Bertz CT molecular complexity index is 858. The molecule has 0 radical (unpaired) electrons. The minimum absolute atomic E-state index is 0.0370.